The van der Waals surface area contributed by atoms with Gasteiger partial charge < -0.3 is 4.90 Å². The van der Waals surface area contributed by atoms with E-state index < -0.39 is 0 Å². The molecule has 0 amide bonds. The number of hydrogen-bond acceptors (Lipinski definition) is 5. The third-order valence-electron chi connectivity index (χ3n) is 2.62. The van der Waals surface area contributed by atoms with E-state index in [4.69, 9.17) is 11.6 Å². The molecule has 7 heteroatoms. The molecule has 0 aliphatic heterocycles. The highest BCUT2D eigenvalue weighted by Crippen LogP contribution is 2.24. The second-order valence-electron chi connectivity index (χ2n) is 3.94. The van der Waals surface area contributed by atoms with Crippen LogP contribution in [0.1, 0.15) is 5.56 Å². The molecule has 0 fully saturated rings. The van der Waals surface area contributed by atoms with Gasteiger partial charge in [0.05, 0.1) is 11.6 Å². The number of thiophene rings is 1. The van der Waals surface area contributed by atoms with Crippen LogP contribution in [-0.4, -0.2) is 27.2 Å². The molecule has 0 bridgehead atoms. The van der Waals surface area contributed by atoms with Gasteiger partial charge in [0, 0.05) is 13.6 Å². The zero-order chi connectivity index (χ0) is 12.5. The van der Waals surface area contributed by atoms with Gasteiger partial charge in [-0.15, -0.1) is 0 Å². The lowest BCUT2D eigenvalue weighted by Crippen LogP contribution is -2.17. The van der Waals surface area contributed by atoms with E-state index in [1.807, 2.05) is 11.9 Å². The maximum Gasteiger partial charge on any atom is 0.226 e. The number of hydrogen-bond donors (Lipinski definition) is 1. The van der Waals surface area contributed by atoms with Gasteiger partial charge in [0.2, 0.25) is 5.28 Å². The molecule has 1 N–H and O–H groups in total. The standard InChI is InChI=1S/C11H10ClN5S/c1-17(5-7-2-3-18-6-7)10-8-4-13-16-9(8)14-11(12)15-10/h2-4,6H,5H2,1H3,(H,13,14,15,16). The molecule has 3 aromatic heterocycles. The molecule has 0 radical (unpaired) electrons. The minimum atomic E-state index is 0.221. The van der Waals surface area contributed by atoms with Crippen molar-refractivity contribution in [3.8, 4) is 0 Å². The van der Waals surface area contributed by atoms with Crippen molar-refractivity contribution in [1.29, 1.82) is 0 Å². The first-order valence-corrected chi connectivity index (χ1v) is 6.65. The van der Waals surface area contributed by atoms with Crippen molar-refractivity contribution >= 4 is 39.8 Å². The summed E-state index contributed by atoms with van der Waals surface area (Å²) in [7, 11) is 1.97. The minimum absolute atomic E-state index is 0.221. The molecule has 3 heterocycles. The summed E-state index contributed by atoms with van der Waals surface area (Å²) in [5.74, 6) is 0.782. The van der Waals surface area contributed by atoms with Gasteiger partial charge in [0.25, 0.3) is 0 Å². The number of H-pyrrole nitrogens is 1. The third kappa shape index (κ3) is 2.04. The van der Waals surface area contributed by atoms with Crippen LogP contribution in [0, 0.1) is 0 Å². The number of nitrogens with one attached hydrogen (secondary N) is 1. The minimum Gasteiger partial charge on any atom is -0.355 e. The van der Waals surface area contributed by atoms with Crippen LogP contribution in [0.2, 0.25) is 5.28 Å². The Labute approximate surface area is 112 Å². The maximum atomic E-state index is 5.91. The van der Waals surface area contributed by atoms with E-state index in [1.54, 1.807) is 17.5 Å². The summed E-state index contributed by atoms with van der Waals surface area (Å²) in [5, 5.41) is 12.0. The zero-order valence-corrected chi connectivity index (χ0v) is 11.2. The number of rotatable bonds is 3. The molecule has 18 heavy (non-hydrogen) atoms. The number of fused-ring (bicyclic) bond motifs is 1. The van der Waals surface area contributed by atoms with E-state index in [2.05, 4.69) is 37.0 Å². The normalized spacial score (nSPS) is 11.0. The van der Waals surface area contributed by atoms with E-state index in [-0.39, 0.29) is 5.28 Å². The summed E-state index contributed by atoms with van der Waals surface area (Å²) in [4.78, 5) is 10.4. The van der Waals surface area contributed by atoms with Crippen molar-refractivity contribution in [2.24, 2.45) is 0 Å². The molecule has 0 saturated carbocycles. The molecule has 0 atom stereocenters. The Balaban J connectivity index is 2.00. The van der Waals surface area contributed by atoms with Gasteiger partial charge in [-0.25, -0.2) is 0 Å². The van der Waals surface area contributed by atoms with Crippen LogP contribution in [0.5, 0.6) is 0 Å². The molecule has 3 aromatic rings. The summed E-state index contributed by atoms with van der Waals surface area (Å²) < 4.78 is 0. The van der Waals surface area contributed by atoms with Crippen molar-refractivity contribution < 1.29 is 0 Å². The first-order chi connectivity index (χ1) is 8.74. The fourth-order valence-corrected chi connectivity index (χ4v) is 2.64. The first-order valence-electron chi connectivity index (χ1n) is 5.33. The number of halogens is 1. The van der Waals surface area contributed by atoms with Gasteiger partial charge in [-0.1, -0.05) is 0 Å². The largest absolute Gasteiger partial charge is 0.355 e. The highest BCUT2D eigenvalue weighted by Gasteiger charge is 2.12. The predicted molar refractivity (Wildman–Crippen MR) is 73.1 cm³/mol. The monoisotopic (exact) mass is 279 g/mol. The smallest absolute Gasteiger partial charge is 0.226 e. The summed E-state index contributed by atoms with van der Waals surface area (Å²) in [6.45, 7) is 0.775. The van der Waals surface area contributed by atoms with E-state index in [0.717, 1.165) is 17.7 Å². The third-order valence-corrected chi connectivity index (χ3v) is 3.52. The second-order valence-corrected chi connectivity index (χ2v) is 5.05. The Morgan fingerprint density at radius 1 is 1.44 bits per heavy atom. The lowest BCUT2D eigenvalue weighted by Gasteiger charge is -2.18. The highest BCUT2D eigenvalue weighted by molar-refractivity contribution is 7.07. The van der Waals surface area contributed by atoms with Gasteiger partial charge in [0.1, 0.15) is 5.82 Å². The molecule has 0 aromatic carbocycles. The Hall–Kier alpha value is -1.66. The summed E-state index contributed by atoms with van der Waals surface area (Å²) in [6, 6.07) is 2.09. The van der Waals surface area contributed by atoms with Crippen molar-refractivity contribution in [2.75, 3.05) is 11.9 Å². The van der Waals surface area contributed by atoms with Crippen LogP contribution in [-0.2, 0) is 6.54 Å². The van der Waals surface area contributed by atoms with Crippen LogP contribution in [0.3, 0.4) is 0 Å². The van der Waals surface area contributed by atoms with Crippen molar-refractivity contribution in [3.05, 3.63) is 33.9 Å². The molecule has 92 valence electrons. The number of aromatic amines is 1. The van der Waals surface area contributed by atoms with E-state index in [1.165, 1.54) is 5.56 Å². The average molecular weight is 280 g/mol. The number of aromatic nitrogens is 4. The van der Waals surface area contributed by atoms with Crippen LogP contribution in [0.15, 0.2) is 23.0 Å². The lowest BCUT2D eigenvalue weighted by atomic mass is 10.3. The van der Waals surface area contributed by atoms with E-state index in [9.17, 15) is 0 Å². The summed E-state index contributed by atoms with van der Waals surface area (Å²) in [5.41, 5.74) is 1.90. The molecule has 5 nitrogen and oxygen atoms in total. The van der Waals surface area contributed by atoms with Crippen molar-refractivity contribution in [3.63, 3.8) is 0 Å². The Morgan fingerprint density at radius 2 is 2.33 bits per heavy atom. The summed E-state index contributed by atoms with van der Waals surface area (Å²) in [6.07, 6.45) is 1.71. The SMILES string of the molecule is CN(Cc1ccsc1)c1nc(Cl)nc2[nH]ncc12. The van der Waals surface area contributed by atoms with E-state index in [0.29, 0.717) is 5.65 Å². The van der Waals surface area contributed by atoms with Gasteiger partial charge in [-0.2, -0.15) is 26.4 Å². The Kier molecular flexibility index (Phi) is 2.89. The molecule has 3 rings (SSSR count). The van der Waals surface area contributed by atoms with Gasteiger partial charge in [-0.05, 0) is 34.0 Å². The second kappa shape index (κ2) is 4.55. The van der Waals surface area contributed by atoms with Crippen LogP contribution in [0.4, 0.5) is 5.82 Å². The molecule has 0 saturated heterocycles. The number of anilines is 1. The summed E-state index contributed by atoms with van der Waals surface area (Å²) >= 11 is 7.59. The van der Waals surface area contributed by atoms with Crippen LogP contribution >= 0.6 is 22.9 Å². The zero-order valence-electron chi connectivity index (χ0n) is 9.59. The lowest BCUT2D eigenvalue weighted by molar-refractivity contribution is 0.904. The van der Waals surface area contributed by atoms with Crippen molar-refractivity contribution in [1.82, 2.24) is 20.2 Å². The van der Waals surface area contributed by atoms with Gasteiger partial charge in [-0.3, -0.25) is 5.10 Å². The molecular formula is C11H10ClN5S. The Morgan fingerprint density at radius 3 is 3.11 bits per heavy atom. The van der Waals surface area contributed by atoms with E-state index >= 15 is 0 Å². The van der Waals surface area contributed by atoms with Crippen LogP contribution in [0.25, 0.3) is 11.0 Å². The maximum absolute atomic E-state index is 5.91. The topological polar surface area (TPSA) is 57.7 Å². The molecule has 0 spiro atoms. The predicted octanol–water partition coefficient (Wildman–Crippen LogP) is 2.70. The fraction of sp³-hybridized carbons (Fsp3) is 0.182. The first kappa shape index (κ1) is 11.4. The molecule has 0 unspecified atom stereocenters. The van der Waals surface area contributed by atoms with Gasteiger partial charge >= 0.3 is 0 Å². The van der Waals surface area contributed by atoms with Gasteiger partial charge in [0.15, 0.2) is 5.65 Å². The molecular weight excluding hydrogens is 270 g/mol. The molecule has 0 aliphatic carbocycles. The Bertz CT molecular complexity index is 663. The quantitative estimate of drug-likeness (QED) is 0.749. The molecule has 0 aliphatic rings. The number of nitrogens with zero attached hydrogens (tertiary/aromatic N) is 4. The van der Waals surface area contributed by atoms with Crippen LogP contribution < -0.4 is 4.90 Å². The van der Waals surface area contributed by atoms with Crippen molar-refractivity contribution in [2.45, 2.75) is 6.54 Å². The average Bonchev–Trinajstić information content (AvgIpc) is 2.97. The fourth-order valence-electron chi connectivity index (χ4n) is 1.82. The highest BCUT2D eigenvalue weighted by atomic mass is 35.5.